The molecule has 3 aromatic heterocycles. The third kappa shape index (κ3) is 2.76. The van der Waals surface area contributed by atoms with Crippen molar-refractivity contribution in [3.8, 4) is 16.9 Å². The van der Waals surface area contributed by atoms with Crippen LogP contribution in [0.5, 0.6) is 5.75 Å². The van der Waals surface area contributed by atoms with Gasteiger partial charge >= 0.3 is 5.97 Å². The van der Waals surface area contributed by atoms with Gasteiger partial charge in [0.2, 0.25) is 0 Å². The highest BCUT2D eigenvalue weighted by atomic mass is 16.5. The topological polar surface area (TPSA) is 80.9 Å². The second kappa shape index (κ2) is 6.44. The Balaban J connectivity index is 1.83. The zero-order chi connectivity index (χ0) is 20.1. The van der Waals surface area contributed by atoms with Crippen molar-refractivity contribution < 1.29 is 14.6 Å². The molecule has 0 radical (unpaired) electrons. The normalized spacial score (nSPS) is 13.7. The number of hydrogen-bond donors (Lipinski definition) is 1. The molecule has 4 aromatic rings. The summed E-state index contributed by atoms with van der Waals surface area (Å²) < 4.78 is 7.16. The molecule has 29 heavy (non-hydrogen) atoms. The molecule has 1 aliphatic rings. The van der Waals surface area contributed by atoms with Gasteiger partial charge in [-0.25, -0.2) is 4.79 Å². The zero-order valence-electron chi connectivity index (χ0n) is 15.8. The first-order chi connectivity index (χ1) is 14.1. The second-order valence-corrected chi connectivity index (χ2v) is 7.30. The highest BCUT2D eigenvalue weighted by Gasteiger charge is 2.30. The predicted octanol–water partition coefficient (Wildman–Crippen LogP) is 4.10. The van der Waals surface area contributed by atoms with Crippen molar-refractivity contribution in [3.63, 3.8) is 0 Å². The fourth-order valence-corrected chi connectivity index (χ4v) is 3.90. The molecular weight excluding hydrogens is 368 g/mol. The molecule has 0 amide bonds. The summed E-state index contributed by atoms with van der Waals surface area (Å²) >= 11 is 0. The van der Waals surface area contributed by atoms with Crippen LogP contribution in [0.25, 0.3) is 27.5 Å². The van der Waals surface area contributed by atoms with E-state index in [9.17, 15) is 14.7 Å². The highest BCUT2D eigenvalue weighted by molar-refractivity contribution is 5.91. The molecular formula is C23H18N2O4. The lowest BCUT2D eigenvalue weighted by Gasteiger charge is -2.16. The van der Waals surface area contributed by atoms with Gasteiger partial charge in [-0.3, -0.25) is 14.2 Å². The molecule has 1 saturated carbocycles. The summed E-state index contributed by atoms with van der Waals surface area (Å²) in [6.45, 7) is 0. The van der Waals surface area contributed by atoms with Crippen molar-refractivity contribution in [1.29, 1.82) is 0 Å². The van der Waals surface area contributed by atoms with Gasteiger partial charge in [0.25, 0.3) is 5.56 Å². The smallest absolute Gasteiger partial charge is 0.341 e. The van der Waals surface area contributed by atoms with Crippen molar-refractivity contribution in [3.05, 3.63) is 76.3 Å². The number of fused-ring (bicyclic) bond motifs is 2. The Kier molecular flexibility index (Phi) is 3.87. The number of ether oxygens (including phenoxy) is 1. The molecule has 3 heterocycles. The minimum Gasteiger partial charge on any atom is -0.494 e. The lowest BCUT2D eigenvalue weighted by atomic mass is 10.0. The lowest BCUT2D eigenvalue weighted by Crippen LogP contribution is -2.23. The van der Waals surface area contributed by atoms with Gasteiger partial charge in [-0.05, 0) is 48.6 Å². The van der Waals surface area contributed by atoms with Crippen molar-refractivity contribution in [2.45, 2.75) is 18.8 Å². The Morgan fingerprint density at radius 3 is 2.72 bits per heavy atom. The number of methoxy groups -OCH3 is 1. The monoisotopic (exact) mass is 386 g/mol. The molecule has 5 rings (SSSR count). The first-order valence-electron chi connectivity index (χ1n) is 9.43. The number of aromatic carboxylic acids is 1. The van der Waals surface area contributed by atoms with Crippen LogP contribution in [-0.2, 0) is 0 Å². The van der Waals surface area contributed by atoms with Crippen molar-refractivity contribution in [2.24, 2.45) is 0 Å². The maximum absolute atomic E-state index is 12.8. The Morgan fingerprint density at radius 1 is 1.21 bits per heavy atom. The summed E-state index contributed by atoms with van der Waals surface area (Å²) in [5.74, 6) is -0.420. The van der Waals surface area contributed by atoms with E-state index < -0.39 is 11.5 Å². The predicted molar refractivity (Wildman–Crippen MR) is 110 cm³/mol. The molecule has 1 N–H and O–H groups in total. The van der Waals surface area contributed by atoms with Crippen molar-refractivity contribution in [2.75, 3.05) is 7.11 Å². The van der Waals surface area contributed by atoms with Gasteiger partial charge in [0, 0.05) is 28.9 Å². The van der Waals surface area contributed by atoms with E-state index in [0.29, 0.717) is 11.3 Å². The Hall–Kier alpha value is -3.67. The number of carboxylic acid groups (broad SMARTS) is 1. The van der Waals surface area contributed by atoms with Crippen LogP contribution in [0.2, 0.25) is 0 Å². The largest absolute Gasteiger partial charge is 0.494 e. The molecule has 6 heteroatoms. The van der Waals surface area contributed by atoms with E-state index in [1.54, 1.807) is 25.6 Å². The molecule has 0 unspecified atom stereocenters. The van der Waals surface area contributed by atoms with Crippen LogP contribution in [0, 0.1) is 0 Å². The number of rotatable bonds is 4. The second-order valence-electron chi connectivity index (χ2n) is 7.30. The number of carboxylic acids is 1. The van der Waals surface area contributed by atoms with Crippen LogP contribution < -0.4 is 10.3 Å². The number of nitrogens with zero attached hydrogens (tertiary/aromatic N) is 2. The van der Waals surface area contributed by atoms with Crippen LogP contribution in [0.3, 0.4) is 0 Å². The quantitative estimate of drug-likeness (QED) is 0.571. The molecule has 0 bridgehead atoms. The maximum atomic E-state index is 12.8. The summed E-state index contributed by atoms with van der Waals surface area (Å²) in [4.78, 5) is 28.9. The van der Waals surface area contributed by atoms with Crippen molar-refractivity contribution >= 4 is 22.4 Å². The van der Waals surface area contributed by atoms with Gasteiger partial charge in [0.15, 0.2) is 5.75 Å². The minimum absolute atomic E-state index is 0.216. The molecule has 6 nitrogen and oxygen atoms in total. The Labute approximate surface area is 166 Å². The minimum atomic E-state index is -1.21. The fraction of sp³-hybridized carbons (Fsp3) is 0.174. The summed E-state index contributed by atoms with van der Waals surface area (Å²) in [6.07, 6.45) is 5.36. The van der Waals surface area contributed by atoms with E-state index in [2.05, 4.69) is 4.98 Å². The van der Waals surface area contributed by atoms with E-state index in [-0.39, 0.29) is 11.5 Å². The van der Waals surface area contributed by atoms with Crippen LogP contribution in [0.15, 0.2) is 59.7 Å². The number of carbonyl (C=O) groups is 1. The molecule has 1 fully saturated rings. The molecule has 144 valence electrons. The third-order valence-electron chi connectivity index (χ3n) is 5.47. The average molecular weight is 386 g/mol. The van der Waals surface area contributed by atoms with Crippen LogP contribution in [0.4, 0.5) is 0 Å². The van der Waals surface area contributed by atoms with Gasteiger partial charge in [-0.1, -0.05) is 18.2 Å². The van der Waals surface area contributed by atoms with Gasteiger partial charge in [-0.15, -0.1) is 0 Å². The van der Waals surface area contributed by atoms with E-state index in [1.807, 2.05) is 30.3 Å². The van der Waals surface area contributed by atoms with Gasteiger partial charge in [-0.2, -0.15) is 0 Å². The SMILES string of the molecule is COc1c(-c2cnc3ccccc3c2)ccn2c(=O)c(C(=O)O)cc(C3CC3)c12. The molecule has 1 aliphatic carbocycles. The summed E-state index contributed by atoms with van der Waals surface area (Å²) in [7, 11) is 1.57. The number of pyridine rings is 3. The Morgan fingerprint density at radius 2 is 2.00 bits per heavy atom. The van der Waals surface area contributed by atoms with Crippen LogP contribution >= 0.6 is 0 Å². The van der Waals surface area contributed by atoms with E-state index >= 15 is 0 Å². The summed E-state index contributed by atoms with van der Waals surface area (Å²) in [6, 6.07) is 13.2. The molecule has 1 aromatic carbocycles. The van der Waals surface area contributed by atoms with Gasteiger partial charge in [0.05, 0.1) is 18.1 Å². The highest BCUT2D eigenvalue weighted by Crippen LogP contribution is 2.45. The molecule has 0 atom stereocenters. The average Bonchev–Trinajstić information content (AvgIpc) is 3.58. The number of hydrogen-bond acceptors (Lipinski definition) is 4. The summed E-state index contributed by atoms with van der Waals surface area (Å²) in [5, 5.41) is 10.5. The van der Waals surface area contributed by atoms with Crippen LogP contribution in [-0.4, -0.2) is 27.6 Å². The lowest BCUT2D eigenvalue weighted by molar-refractivity contribution is 0.0694. The van der Waals surface area contributed by atoms with Gasteiger partial charge < -0.3 is 9.84 Å². The van der Waals surface area contributed by atoms with Crippen LogP contribution in [0.1, 0.15) is 34.7 Å². The molecule has 0 spiro atoms. The first-order valence-corrected chi connectivity index (χ1v) is 9.43. The maximum Gasteiger partial charge on any atom is 0.341 e. The number of aromatic nitrogens is 2. The molecule has 0 aliphatic heterocycles. The standard InChI is InChI=1S/C23H18N2O4/c1-29-21-16(15-10-14-4-2-3-5-19(14)24-12-15)8-9-25-20(21)17(13-6-7-13)11-18(22(25)26)23(27)28/h2-5,8-13H,6-7H2,1H3,(H,27,28). The van der Waals surface area contributed by atoms with E-state index in [4.69, 9.17) is 4.74 Å². The van der Waals surface area contributed by atoms with E-state index in [0.717, 1.165) is 40.4 Å². The van der Waals surface area contributed by atoms with Crippen molar-refractivity contribution in [1.82, 2.24) is 9.38 Å². The third-order valence-corrected chi connectivity index (χ3v) is 5.47. The summed E-state index contributed by atoms with van der Waals surface area (Å²) in [5.41, 5.74) is 3.29. The number of para-hydroxylation sites is 1. The molecule has 0 saturated heterocycles. The van der Waals surface area contributed by atoms with E-state index in [1.165, 1.54) is 10.5 Å². The number of benzene rings is 1. The Bertz CT molecular complexity index is 1350. The van der Waals surface area contributed by atoms with Gasteiger partial charge in [0.1, 0.15) is 5.56 Å². The zero-order valence-corrected chi connectivity index (χ0v) is 15.8. The fourth-order valence-electron chi connectivity index (χ4n) is 3.90. The first kappa shape index (κ1) is 17.4.